The molecule has 1 saturated carbocycles. The average Bonchev–Trinajstić information content (AvgIpc) is 3.36. The summed E-state index contributed by atoms with van der Waals surface area (Å²) >= 11 is 1.56. The Balaban J connectivity index is 1.79. The molecule has 3 aromatic heterocycles. The highest BCUT2D eigenvalue weighted by Crippen LogP contribution is 2.39. The van der Waals surface area contributed by atoms with E-state index in [1.54, 1.807) is 29.4 Å². The summed E-state index contributed by atoms with van der Waals surface area (Å²) in [5.41, 5.74) is -0.252. The van der Waals surface area contributed by atoms with Crippen LogP contribution in [0.25, 0.3) is 22.7 Å². The first-order valence-electron chi connectivity index (χ1n) is 7.92. The summed E-state index contributed by atoms with van der Waals surface area (Å²) in [6.07, 6.45) is -0.906. The Morgan fingerprint density at radius 1 is 1.27 bits per heavy atom. The van der Waals surface area contributed by atoms with Gasteiger partial charge in [-0.3, -0.25) is 0 Å². The first-order chi connectivity index (χ1) is 12.3. The van der Waals surface area contributed by atoms with Crippen molar-refractivity contribution in [3.05, 3.63) is 24.0 Å². The Hall–Kier alpha value is -2.36. The van der Waals surface area contributed by atoms with Crippen LogP contribution in [0.3, 0.4) is 0 Å². The molecule has 0 unspecified atom stereocenters. The van der Waals surface area contributed by atoms with Gasteiger partial charge in [0.05, 0.1) is 6.20 Å². The van der Waals surface area contributed by atoms with Gasteiger partial charge in [-0.1, -0.05) is 0 Å². The zero-order chi connectivity index (χ0) is 18.5. The van der Waals surface area contributed by atoms with Crippen molar-refractivity contribution in [1.29, 1.82) is 0 Å². The van der Waals surface area contributed by atoms with Crippen LogP contribution in [-0.2, 0) is 13.2 Å². The molecule has 1 N–H and O–H groups in total. The van der Waals surface area contributed by atoms with E-state index < -0.39 is 11.9 Å². The van der Waals surface area contributed by atoms with Crippen LogP contribution in [-0.4, -0.2) is 35.6 Å². The van der Waals surface area contributed by atoms with Gasteiger partial charge < -0.3 is 9.67 Å². The maximum absolute atomic E-state index is 12.9. The Morgan fingerprint density at radius 2 is 2.04 bits per heavy atom. The summed E-state index contributed by atoms with van der Waals surface area (Å²) < 4.78 is 40.1. The molecule has 0 radical (unpaired) electrons. The lowest BCUT2D eigenvalue weighted by Gasteiger charge is -2.08. The molecule has 26 heavy (non-hydrogen) atoms. The number of aromatic hydroxyl groups is 1. The third-order valence-corrected chi connectivity index (χ3v) is 5.39. The van der Waals surface area contributed by atoms with Gasteiger partial charge >= 0.3 is 6.18 Å². The van der Waals surface area contributed by atoms with Crippen molar-refractivity contribution in [2.24, 2.45) is 13.0 Å². The number of hydrogen-bond donors (Lipinski definition) is 1. The Labute approximate surface area is 150 Å². The molecule has 10 heteroatoms. The molecule has 0 aliphatic heterocycles. The van der Waals surface area contributed by atoms with Crippen LogP contribution in [0.4, 0.5) is 13.2 Å². The Bertz CT molecular complexity index is 984. The van der Waals surface area contributed by atoms with E-state index in [1.807, 2.05) is 0 Å². The van der Waals surface area contributed by atoms with Crippen LogP contribution in [0.15, 0.2) is 23.2 Å². The van der Waals surface area contributed by atoms with Gasteiger partial charge in [0.1, 0.15) is 17.0 Å². The van der Waals surface area contributed by atoms with Gasteiger partial charge in [0.25, 0.3) is 0 Å². The molecular formula is C16H14F3N5OS. The van der Waals surface area contributed by atoms with E-state index in [9.17, 15) is 18.3 Å². The number of nitrogens with zero attached hydrogens (tertiary/aromatic N) is 5. The molecule has 0 bridgehead atoms. The molecule has 0 atom stereocenters. The number of pyridine rings is 1. The minimum atomic E-state index is -4.58. The standard InChI is InChI=1S/C16H14F3N5OS/c1-24-14-10(5-12(22-23-14)16(17,18)19)21-15(24)13-11(4-9(25)6-20-13)26-7-8-2-3-8/h4-6,8,25H,2-3,7H2,1H3. The molecule has 6 nitrogen and oxygen atoms in total. The summed E-state index contributed by atoms with van der Waals surface area (Å²) in [6.45, 7) is 0. The summed E-state index contributed by atoms with van der Waals surface area (Å²) in [4.78, 5) is 9.28. The van der Waals surface area contributed by atoms with Crippen LogP contribution < -0.4 is 0 Å². The maximum atomic E-state index is 12.9. The van der Waals surface area contributed by atoms with E-state index >= 15 is 0 Å². The molecule has 0 spiro atoms. The fourth-order valence-corrected chi connectivity index (χ4v) is 3.77. The first kappa shape index (κ1) is 17.1. The van der Waals surface area contributed by atoms with Gasteiger partial charge in [0.15, 0.2) is 17.2 Å². The number of aryl methyl sites for hydroxylation is 1. The average molecular weight is 381 g/mol. The second kappa shape index (κ2) is 6.11. The molecule has 0 saturated heterocycles. The van der Waals surface area contributed by atoms with Gasteiger partial charge in [-0.25, -0.2) is 9.97 Å². The summed E-state index contributed by atoms with van der Waals surface area (Å²) in [7, 11) is 1.65. The highest BCUT2D eigenvalue weighted by Gasteiger charge is 2.34. The Kier molecular flexibility index (Phi) is 4.02. The second-order valence-electron chi connectivity index (χ2n) is 6.23. The van der Waals surface area contributed by atoms with Crippen molar-refractivity contribution in [1.82, 2.24) is 24.7 Å². The van der Waals surface area contributed by atoms with E-state index in [0.717, 1.165) is 16.7 Å². The van der Waals surface area contributed by atoms with E-state index in [0.29, 0.717) is 17.4 Å². The fourth-order valence-electron chi connectivity index (χ4n) is 2.54. The number of alkyl halides is 3. The highest BCUT2D eigenvalue weighted by atomic mass is 32.2. The van der Waals surface area contributed by atoms with Gasteiger partial charge in [0, 0.05) is 23.8 Å². The van der Waals surface area contributed by atoms with Crippen molar-refractivity contribution >= 4 is 22.9 Å². The number of fused-ring (bicyclic) bond motifs is 1. The number of imidazole rings is 1. The summed E-state index contributed by atoms with van der Waals surface area (Å²) in [5.74, 6) is 1.98. The molecule has 4 rings (SSSR count). The third-order valence-electron chi connectivity index (χ3n) is 4.13. The lowest BCUT2D eigenvalue weighted by Crippen LogP contribution is -2.09. The SMILES string of the molecule is Cn1c(-c2ncc(O)cc2SCC2CC2)nc2cc(C(F)(F)F)nnc21. The molecule has 1 fully saturated rings. The molecule has 3 heterocycles. The van der Waals surface area contributed by atoms with Crippen molar-refractivity contribution in [3.8, 4) is 17.3 Å². The minimum Gasteiger partial charge on any atom is -0.506 e. The predicted octanol–water partition coefficient (Wildman–Crippen LogP) is 3.65. The zero-order valence-electron chi connectivity index (χ0n) is 13.7. The number of halogens is 3. The normalized spacial score (nSPS) is 14.9. The number of hydrogen-bond acceptors (Lipinski definition) is 6. The van der Waals surface area contributed by atoms with Gasteiger partial charge in [-0.15, -0.1) is 22.0 Å². The minimum absolute atomic E-state index is 0.0324. The zero-order valence-corrected chi connectivity index (χ0v) is 14.5. The van der Waals surface area contributed by atoms with Crippen molar-refractivity contribution in [2.75, 3.05) is 5.75 Å². The lowest BCUT2D eigenvalue weighted by atomic mass is 10.3. The predicted molar refractivity (Wildman–Crippen MR) is 89.6 cm³/mol. The van der Waals surface area contributed by atoms with Crippen LogP contribution in [0, 0.1) is 5.92 Å². The van der Waals surface area contributed by atoms with E-state index in [4.69, 9.17) is 0 Å². The molecule has 0 amide bonds. The number of rotatable bonds is 4. The molecule has 1 aliphatic rings. The third kappa shape index (κ3) is 3.20. The molecular weight excluding hydrogens is 367 g/mol. The fraction of sp³-hybridized carbons (Fsp3) is 0.375. The first-order valence-corrected chi connectivity index (χ1v) is 8.91. The summed E-state index contributed by atoms with van der Waals surface area (Å²) in [5, 5.41) is 16.7. The van der Waals surface area contributed by atoms with Crippen molar-refractivity contribution in [3.63, 3.8) is 0 Å². The van der Waals surface area contributed by atoms with E-state index in [-0.39, 0.29) is 16.9 Å². The summed E-state index contributed by atoms with van der Waals surface area (Å²) in [6, 6.07) is 2.48. The van der Waals surface area contributed by atoms with E-state index in [1.165, 1.54) is 19.0 Å². The molecule has 3 aromatic rings. The quantitative estimate of drug-likeness (QED) is 0.695. The smallest absolute Gasteiger partial charge is 0.435 e. The van der Waals surface area contributed by atoms with Crippen LogP contribution in [0.2, 0.25) is 0 Å². The maximum Gasteiger partial charge on any atom is 0.435 e. The van der Waals surface area contributed by atoms with Crippen LogP contribution in [0.1, 0.15) is 18.5 Å². The van der Waals surface area contributed by atoms with Crippen LogP contribution in [0.5, 0.6) is 5.75 Å². The molecule has 1 aliphatic carbocycles. The molecule has 136 valence electrons. The molecule has 0 aromatic carbocycles. The largest absolute Gasteiger partial charge is 0.506 e. The number of thioether (sulfide) groups is 1. The Morgan fingerprint density at radius 3 is 2.73 bits per heavy atom. The van der Waals surface area contributed by atoms with Gasteiger partial charge in [-0.05, 0) is 24.8 Å². The van der Waals surface area contributed by atoms with Crippen molar-refractivity contribution in [2.45, 2.75) is 23.9 Å². The van der Waals surface area contributed by atoms with E-state index in [2.05, 4.69) is 20.2 Å². The lowest BCUT2D eigenvalue weighted by molar-refractivity contribution is -0.141. The van der Waals surface area contributed by atoms with Gasteiger partial charge in [0.2, 0.25) is 0 Å². The number of aromatic nitrogens is 5. The van der Waals surface area contributed by atoms with Crippen LogP contribution >= 0.6 is 11.8 Å². The monoisotopic (exact) mass is 381 g/mol. The highest BCUT2D eigenvalue weighted by molar-refractivity contribution is 7.99. The van der Waals surface area contributed by atoms with Crippen molar-refractivity contribution < 1.29 is 18.3 Å². The topological polar surface area (TPSA) is 76.7 Å². The second-order valence-corrected chi connectivity index (χ2v) is 7.29. The van der Waals surface area contributed by atoms with Gasteiger partial charge in [-0.2, -0.15) is 13.2 Å².